The van der Waals surface area contributed by atoms with Crippen molar-refractivity contribution in [1.29, 1.82) is 0 Å². The first-order chi connectivity index (χ1) is 18.1. The van der Waals surface area contributed by atoms with Gasteiger partial charge in [0, 0.05) is 69.7 Å². The highest BCUT2D eigenvalue weighted by atomic mass is 16.5. The van der Waals surface area contributed by atoms with Crippen LogP contribution in [0.15, 0.2) is 54.6 Å². The first kappa shape index (κ1) is 25.1. The number of ether oxygens (including phenoxy) is 1. The van der Waals surface area contributed by atoms with Crippen LogP contribution in [-0.2, 0) is 13.1 Å². The number of aryl methyl sites for hydroxylation is 2. The summed E-state index contributed by atoms with van der Waals surface area (Å²) in [5, 5.41) is 7.67. The maximum absolute atomic E-state index is 12.6. The molecule has 196 valence electrons. The van der Waals surface area contributed by atoms with Crippen LogP contribution in [0.1, 0.15) is 34.5 Å². The van der Waals surface area contributed by atoms with Crippen molar-refractivity contribution < 1.29 is 9.53 Å². The standard InChI is InChI=1S/C29H38N6O2/c1-23-21-28-34(15-4-16-35(28)31-23)22-24-5-7-25(8-6-24)29(36)30-13-3-14-32-17-19-33(20-18-32)26-9-11-27(37-2)12-10-26/h5-12,21H,3-4,13-20,22H2,1-2H3,(H,30,36). The fourth-order valence-electron chi connectivity index (χ4n) is 5.25. The maximum Gasteiger partial charge on any atom is 0.251 e. The highest BCUT2D eigenvalue weighted by Gasteiger charge is 2.19. The van der Waals surface area contributed by atoms with Gasteiger partial charge in [0.25, 0.3) is 5.91 Å². The van der Waals surface area contributed by atoms with Crippen molar-refractivity contribution in [3.8, 4) is 5.75 Å². The van der Waals surface area contributed by atoms with E-state index in [1.165, 1.54) is 17.1 Å². The first-order valence-electron chi connectivity index (χ1n) is 13.4. The Bertz CT molecular complexity index is 1170. The molecule has 0 atom stereocenters. The van der Waals surface area contributed by atoms with E-state index in [-0.39, 0.29) is 5.91 Å². The summed E-state index contributed by atoms with van der Waals surface area (Å²) in [5.41, 5.74) is 4.23. The summed E-state index contributed by atoms with van der Waals surface area (Å²) in [6.07, 6.45) is 2.06. The average molecular weight is 503 g/mol. The highest BCUT2D eigenvalue weighted by molar-refractivity contribution is 5.94. The zero-order valence-electron chi connectivity index (χ0n) is 22.0. The van der Waals surface area contributed by atoms with Gasteiger partial charge in [0.05, 0.1) is 12.8 Å². The van der Waals surface area contributed by atoms with Gasteiger partial charge < -0.3 is 19.9 Å². The first-order valence-corrected chi connectivity index (χ1v) is 13.4. The molecule has 3 heterocycles. The molecule has 0 aliphatic carbocycles. The fourth-order valence-corrected chi connectivity index (χ4v) is 5.25. The van der Waals surface area contributed by atoms with Crippen LogP contribution in [0.25, 0.3) is 0 Å². The molecule has 5 rings (SSSR count). The van der Waals surface area contributed by atoms with E-state index in [2.05, 4.69) is 60.1 Å². The molecule has 1 fully saturated rings. The number of piperazine rings is 1. The van der Waals surface area contributed by atoms with Crippen molar-refractivity contribution in [3.63, 3.8) is 0 Å². The van der Waals surface area contributed by atoms with Gasteiger partial charge in [0.1, 0.15) is 11.6 Å². The minimum atomic E-state index is 0.00236. The Morgan fingerprint density at radius 1 is 0.973 bits per heavy atom. The molecule has 3 aromatic rings. The van der Waals surface area contributed by atoms with Gasteiger partial charge in [0.2, 0.25) is 0 Å². The lowest BCUT2D eigenvalue weighted by Gasteiger charge is -2.36. The van der Waals surface area contributed by atoms with E-state index in [1.54, 1.807) is 7.11 Å². The number of fused-ring (bicyclic) bond motifs is 1. The molecule has 2 aromatic carbocycles. The Morgan fingerprint density at radius 3 is 2.46 bits per heavy atom. The number of benzene rings is 2. The van der Waals surface area contributed by atoms with Crippen molar-refractivity contribution in [2.45, 2.75) is 32.9 Å². The summed E-state index contributed by atoms with van der Waals surface area (Å²) in [6.45, 7) is 10.7. The molecule has 8 heteroatoms. The smallest absolute Gasteiger partial charge is 0.251 e. The summed E-state index contributed by atoms with van der Waals surface area (Å²) in [4.78, 5) is 19.9. The van der Waals surface area contributed by atoms with Crippen LogP contribution in [0.4, 0.5) is 11.5 Å². The number of carbonyl (C=O) groups excluding carboxylic acids is 1. The maximum atomic E-state index is 12.6. The molecule has 0 spiro atoms. The van der Waals surface area contributed by atoms with Crippen molar-refractivity contribution in [2.24, 2.45) is 0 Å². The van der Waals surface area contributed by atoms with Gasteiger partial charge in [-0.15, -0.1) is 0 Å². The zero-order valence-corrected chi connectivity index (χ0v) is 22.0. The van der Waals surface area contributed by atoms with Crippen molar-refractivity contribution in [2.75, 3.05) is 62.7 Å². The van der Waals surface area contributed by atoms with Crippen LogP contribution in [0.3, 0.4) is 0 Å². The number of hydrogen-bond acceptors (Lipinski definition) is 6. The quantitative estimate of drug-likeness (QED) is 0.452. The summed E-state index contributed by atoms with van der Waals surface area (Å²) in [6, 6.07) is 18.5. The number of aromatic nitrogens is 2. The summed E-state index contributed by atoms with van der Waals surface area (Å²) in [5.74, 6) is 2.08. The molecular formula is C29H38N6O2. The predicted octanol–water partition coefficient (Wildman–Crippen LogP) is 3.55. The topological polar surface area (TPSA) is 65.9 Å². The second-order valence-corrected chi connectivity index (χ2v) is 9.98. The minimum absolute atomic E-state index is 0.00236. The zero-order chi connectivity index (χ0) is 25.6. The van der Waals surface area contributed by atoms with Gasteiger partial charge in [-0.3, -0.25) is 9.69 Å². The predicted molar refractivity (Wildman–Crippen MR) is 148 cm³/mol. The van der Waals surface area contributed by atoms with Crippen LogP contribution >= 0.6 is 0 Å². The summed E-state index contributed by atoms with van der Waals surface area (Å²) < 4.78 is 7.36. The third kappa shape index (κ3) is 6.25. The Hall–Kier alpha value is -3.52. The van der Waals surface area contributed by atoms with Crippen LogP contribution in [0.5, 0.6) is 5.75 Å². The number of carbonyl (C=O) groups is 1. The SMILES string of the molecule is COc1ccc(N2CCN(CCCNC(=O)c3ccc(CN4CCCn5nc(C)cc54)cc3)CC2)cc1. The average Bonchev–Trinajstić information content (AvgIpc) is 3.33. The lowest BCUT2D eigenvalue weighted by molar-refractivity contribution is 0.0951. The van der Waals surface area contributed by atoms with Gasteiger partial charge in [-0.25, -0.2) is 4.68 Å². The number of amides is 1. The summed E-state index contributed by atoms with van der Waals surface area (Å²) in [7, 11) is 1.70. The van der Waals surface area contributed by atoms with Crippen LogP contribution in [0.2, 0.25) is 0 Å². The van der Waals surface area contributed by atoms with Crippen LogP contribution in [0, 0.1) is 6.92 Å². The Morgan fingerprint density at radius 2 is 1.73 bits per heavy atom. The second kappa shape index (κ2) is 11.7. The number of nitrogens with one attached hydrogen (secondary N) is 1. The Balaban J connectivity index is 1.02. The van der Waals surface area contributed by atoms with Gasteiger partial charge in [0.15, 0.2) is 0 Å². The number of rotatable bonds is 9. The molecule has 0 unspecified atom stereocenters. The van der Waals surface area contributed by atoms with Crippen molar-refractivity contribution in [1.82, 2.24) is 20.0 Å². The molecule has 1 saturated heterocycles. The molecular weight excluding hydrogens is 464 g/mol. The third-order valence-electron chi connectivity index (χ3n) is 7.34. The molecule has 1 amide bonds. The van der Waals surface area contributed by atoms with Crippen molar-refractivity contribution in [3.05, 3.63) is 71.4 Å². The molecule has 1 aromatic heterocycles. The fraction of sp³-hybridized carbons (Fsp3) is 0.448. The lowest BCUT2D eigenvalue weighted by Crippen LogP contribution is -2.47. The van der Waals surface area contributed by atoms with E-state index in [4.69, 9.17) is 4.74 Å². The number of nitrogens with zero attached hydrogens (tertiary/aromatic N) is 5. The van der Waals surface area contributed by atoms with Gasteiger partial charge in [-0.1, -0.05) is 12.1 Å². The lowest BCUT2D eigenvalue weighted by atomic mass is 10.1. The van der Waals surface area contributed by atoms with E-state index in [1.807, 2.05) is 31.2 Å². The number of methoxy groups -OCH3 is 1. The van der Waals surface area contributed by atoms with Gasteiger partial charge in [-0.05, 0) is 68.3 Å². The largest absolute Gasteiger partial charge is 0.497 e. The van der Waals surface area contributed by atoms with E-state index in [0.29, 0.717) is 6.54 Å². The Labute approximate surface area is 219 Å². The monoisotopic (exact) mass is 502 g/mol. The van der Waals surface area contributed by atoms with E-state index in [9.17, 15) is 4.79 Å². The van der Waals surface area contributed by atoms with Gasteiger partial charge in [-0.2, -0.15) is 5.10 Å². The molecule has 0 radical (unpaired) electrons. The van der Waals surface area contributed by atoms with Crippen molar-refractivity contribution >= 4 is 17.4 Å². The molecule has 2 aliphatic heterocycles. The highest BCUT2D eigenvalue weighted by Crippen LogP contribution is 2.24. The van der Waals surface area contributed by atoms with E-state index in [0.717, 1.165) is 82.2 Å². The molecule has 0 saturated carbocycles. The molecule has 8 nitrogen and oxygen atoms in total. The molecule has 37 heavy (non-hydrogen) atoms. The molecule has 1 N–H and O–H groups in total. The molecule has 2 aliphatic rings. The van der Waals surface area contributed by atoms with Gasteiger partial charge >= 0.3 is 0 Å². The Kier molecular flexibility index (Phi) is 7.94. The van der Waals surface area contributed by atoms with E-state index < -0.39 is 0 Å². The normalized spacial score (nSPS) is 15.9. The number of hydrogen-bond donors (Lipinski definition) is 1. The second-order valence-electron chi connectivity index (χ2n) is 9.98. The third-order valence-corrected chi connectivity index (χ3v) is 7.34. The molecule has 0 bridgehead atoms. The minimum Gasteiger partial charge on any atom is -0.497 e. The summed E-state index contributed by atoms with van der Waals surface area (Å²) >= 11 is 0. The van der Waals surface area contributed by atoms with Crippen LogP contribution < -0.4 is 19.9 Å². The number of anilines is 2. The van der Waals surface area contributed by atoms with E-state index >= 15 is 0 Å². The van der Waals surface area contributed by atoms with Crippen LogP contribution in [-0.4, -0.2) is 73.5 Å².